The van der Waals surface area contributed by atoms with Gasteiger partial charge in [-0.05, 0) is 12.1 Å². The zero-order valence-electron chi connectivity index (χ0n) is 8.98. The van der Waals surface area contributed by atoms with Crippen LogP contribution in [0.25, 0.3) is 11.5 Å². The number of nitrogens with zero attached hydrogens (tertiary/aromatic N) is 3. The first kappa shape index (κ1) is 11.5. The van der Waals surface area contributed by atoms with E-state index < -0.39 is 0 Å². The van der Waals surface area contributed by atoms with Crippen molar-refractivity contribution in [2.75, 3.05) is 11.2 Å². The molecule has 88 valence electrons. The predicted octanol–water partition coefficient (Wildman–Crippen LogP) is 1.62. The topological polar surface area (TPSA) is 80.9 Å². The van der Waals surface area contributed by atoms with Crippen molar-refractivity contribution in [3.05, 3.63) is 24.2 Å². The molecule has 2 aromatic heterocycles. The predicted molar refractivity (Wildman–Crippen MR) is 61.6 cm³/mol. The van der Waals surface area contributed by atoms with Crippen molar-refractivity contribution in [3.8, 4) is 11.5 Å². The average Bonchev–Trinajstić information content (AvgIpc) is 2.77. The lowest BCUT2D eigenvalue weighted by Gasteiger charge is -2.01. The number of aromatic nitrogens is 3. The van der Waals surface area contributed by atoms with E-state index in [1.54, 1.807) is 19.1 Å². The van der Waals surface area contributed by atoms with Crippen LogP contribution >= 0.6 is 11.6 Å². The molecule has 0 saturated carbocycles. The van der Waals surface area contributed by atoms with E-state index >= 15 is 0 Å². The van der Waals surface area contributed by atoms with Crippen LogP contribution in [0.4, 0.5) is 5.69 Å². The van der Waals surface area contributed by atoms with Crippen molar-refractivity contribution in [2.24, 2.45) is 0 Å². The number of hydrogen-bond donors (Lipinski definition) is 1. The maximum absolute atomic E-state index is 11.0. The first-order valence-electron chi connectivity index (χ1n) is 4.81. The summed E-state index contributed by atoms with van der Waals surface area (Å²) in [6, 6.07) is 3.38. The van der Waals surface area contributed by atoms with Crippen molar-refractivity contribution in [2.45, 2.75) is 6.92 Å². The van der Waals surface area contributed by atoms with E-state index in [4.69, 9.17) is 16.1 Å². The van der Waals surface area contributed by atoms with E-state index in [1.165, 1.54) is 6.20 Å². The number of aryl methyl sites for hydroxylation is 1. The maximum atomic E-state index is 11.0. The highest BCUT2D eigenvalue weighted by Gasteiger charge is 2.07. The van der Waals surface area contributed by atoms with Crippen molar-refractivity contribution >= 4 is 23.2 Å². The summed E-state index contributed by atoms with van der Waals surface area (Å²) in [5.74, 6) is 0.516. The van der Waals surface area contributed by atoms with E-state index in [0.717, 1.165) is 0 Å². The molecule has 6 nitrogen and oxygen atoms in total. The molecule has 7 heteroatoms. The van der Waals surface area contributed by atoms with Crippen LogP contribution in [0.1, 0.15) is 5.89 Å². The molecule has 0 aliphatic heterocycles. The van der Waals surface area contributed by atoms with Gasteiger partial charge in [-0.25, -0.2) is 0 Å². The Labute approximate surface area is 102 Å². The van der Waals surface area contributed by atoms with Crippen LogP contribution in [-0.2, 0) is 4.79 Å². The van der Waals surface area contributed by atoms with Gasteiger partial charge in [-0.3, -0.25) is 9.78 Å². The van der Waals surface area contributed by atoms with Crippen LogP contribution in [0.2, 0.25) is 0 Å². The molecular formula is C10H9ClN4O2. The van der Waals surface area contributed by atoms with Crippen LogP contribution in [0, 0.1) is 6.92 Å². The Bertz CT molecular complexity index is 523. The van der Waals surface area contributed by atoms with E-state index in [0.29, 0.717) is 23.1 Å². The van der Waals surface area contributed by atoms with Crippen LogP contribution in [-0.4, -0.2) is 26.9 Å². The number of alkyl halides is 1. The van der Waals surface area contributed by atoms with Crippen LogP contribution in [0.15, 0.2) is 22.9 Å². The third-order valence-electron chi connectivity index (χ3n) is 1.93. The van der Waals surface area contributed by atoms with Gasteiger partial charge in [-0.1, -0.05) is 5.16 Å². The molecule has 0 radical (unpaired) electrons. The minimum atomic E-state index is -0.281. The molecule has 2 heterocycles. The second kappa shape index (κ2) is 4.92. The van der Waals surface area contributed by atoms with Gasteiger partial charge in [0.15, 0.2) is 0 Å². The van der Waals surface area contributed by atoms with Gasteiger partial charge in [0.1, 0.15) is 11.6 Å². The molecule has 17 heavy (non-hydrogen) atoms. The molecule has 0 saturated heterocycles. The number of carbonyl (C=O) groups excluding carboxylic acids is 1. The number of anilines is 1. The number of rotatable bonds is 3. The number of carbonyl (C=O) groups is 1. The maximum Gasteiger partial charge on any atom is 0.239 e. The van der Waals surface area contributed by atoms with Crippen molar-refractivity contribution in [1.29, 1.82) is 0 Å². The molecule has 0 fully saturated rings. The fraction of sp³-hybridized carbons (Fsp3) is 0.200. The molecule has 2 aromatic rings. The molecular weight excluding hydrogens is 244 g/mol. The summed E-state index contributed by atoms with van der Waals surface area (Å²) in [7, 11) is 0. The van der Waals surface area contributed by atoms with Gasteiger partial charge in [-0.2, -0.15) is 4.98 Å². The monoisotopic (exact) mass is 252 g/mol. The summed E-state index contributed by atoms with van der Waals surface area (Å²) in [5.41, 5.74) is 1.14. The minimum absolute atomic E-state index is 0.0915. The van der Waals surface area contributed by atoms with Crippen LogP contribution < -0.4 is 5.32 Å². The summed E-state index contributed by atoms with van der Waals surface area (Å²) in [4.78, 5) is 19.2. The number of amides is 1. The van der Waals surface area contributed by atoms with Gasteiger partial charge >= 0.3 is 0 Å². The van der Waals surface area contributed by atoms with Gasteiger partial charge in [0.2, 0.25) is 17.6 Å². The van der Waals surface area contributed by atoms with Gasteiger partial charge < -0.3 is 9.84 Å². The van der Waals surface area contributed by atoms with Gasteiger partial charge in [-0.15, -0.1) is 11.6 Å². The molecule has 2 rings (SSSR count). The molecule has 0 spiro atoms. The fourth-order valence-electron chi connectivity index (χ4n) is 1.20. The number of hydrogen-bond acceptors (Lipinski definition) is 5. The van der Waals surface area contributed by atoms with E-state index in [2.05, 4.69) is 20.4 Å². The lowest BCUT2D eigenvalue weighted by Crippen LogP contribution is -2.12. The van der Waals surface area contributed by atoms with Crippen LogP contribution in [0.3, 0.4) is 0 Å². The fourth-order valence-corrected chi connectivity index (χ4v) is 1.26. The molecule has 0 unspecified atom stereocenters. The lowest BCUT2D eigenvalue weighted by molar-refractivity contribution is -0.113. The zero-order valence-corrected chi connectivity index (χ0v) is 9.73. The van der Waals surface area contributed by atoms with E-state index in [1.807, 2.05) is 0 Å². The summed E-state index contributed by atoms with van der Waals surface area (Å²) in [6.45, 7) is 1.70. The molecule has 1 N–H and O–H groups in total. The molecule has 0 aliphatic rings. The molecule has 0 aliphatic carbocycles. The van der Waals surface area contributed by atoms with Crippen molar-refractivity contribution in [3.63, 3.8) is 0 Å². The van der Waals surface area contributed by atoms with Crippen molar-refractivity contribution in [1.82, 2.24) is 15.1 Å². The third kappa shape index (κ3) is 2.79. The Kier molecular flexibility index (Phi) is 3.34. The summed E-state index contributed by atoms with van der Waals surface area (Å²) in [6.07, 6.45) is 1.51. The first-order valence-corrected chi connectivity index (χ1v) is 5.35. The van der Waals surface area contributed by atoms with Crippen LogP contribution in [0.5, 0.6) is 0 Å². The first-order chi connectivity index (χ1) is 8.19. The zero-order chi connectivity index (χ0) is 12.3. The molecule has 0 bridgehead atoms. The van der Waals surface area contributed by atoms with E-state index in [-0.39, 0.29) is 11.8 Å². The Balaban J connectivity index is 2.15. The Morgan fingerprint density at radius 1 is 1.53 bits per heavy atom. The smallest absolute Gasteiger partial charge is 0.239 e. The Morgan fingerprint density at radius 2 is 2.35 bits per heavy atom. The van der Waals surface area contributed by atoms with Gasteiger partial charge in [0, 0.05) is 6.92 Å². The third-order valence-corrected chi connectivity index (χ3v) is 2.17. The molecule has 0 atom stereocenters. The summed E-state index contributed by atoms with van der Waals surface area (Å²) >= 11 is 5.37. The Hall–Kier alpha value is -1.95. The standard InChI is InChI=1S/C10H9ClN4O2/c1-6-13-10(15-17-6)8-3-2-7(5-12-8)14-9(16)4-11/h2-3,5H,4H2,1H3,(H,14,16). The average molecular weight is 253 g/mol. The summed E-state index contributed by atoms with van der Waals surface area (Å²) < 4.78 is 4.84. The normalized spacial score (nSPS) is 10.2. The van der Waals surface area contributed by atoms with Gasteiger partial charge in [0.25, 0.3) is 0 Å². The highest BCUT2D eigenvalue weighted by atomic mass is 35.5. The highest BCUT2D eigenvalue weighted by Crippen LogP contribution is 2.15. The number of nitrogens with one attached hydrogen (secondary N) is 1. The minimum Gasteiger partial charge on any atom is -0.339 e. The number of halogens is 1. The highest BCUT2D eigenvalue weighted by molar-refractivity contribution is 6.29. The second-order valence-electron chi connectivity index (χ2n) is 3.25. The second-order valence-corrected chi connectivity index (χ2v) is 3.52. The Morgan fingerprint density at radius 3 is 2.88 bits per heavy atom. The lowest BCUT2D eigenvalue weighted by atomic mass is 10.3. The molecule has 0 aromatic carbocycles. The molecule has 1 amide bonds. The quantitative estimate of drug-likeness (QED) is 0.840. The summed E-state index contributed by atoms with van der Waals surface area (Å²) in [5, 5.41) is 6.31. The van der Waals surface area contributed by atoms with Gasteiger partial charge in [0.05, 0.1) is 11.9 Å². The number of pyridine rings is 1. The van der Waals surface area contributed by atoms with E-state index in [9.17, 15) is 4.79 Å². The largest absolute Gasteiger partial charge is 0.339 e. The van der Waals surface area contributed by atoms with Crippen molar-refractivity contribution < 1.29 is 9.32 Å². The SMILES string of the molecule is Cc1nc(-c2ccc(NC(=O)CCl)cn2)no1.